The van der Waals surface area contributed by atoms with Crippen molar-refractivity contribution in [2.75, 3.05) is 17.1 Å². The Hall–Kier alpha value is -3.32. The average molecular weight is 425 g/mol. The summed E-state index contributed by atoms with van der Waals surface area (Å²) in [6.07, 6.45) is 0. The molecule has 0 radical (unpaired) electrons. The number of benzene rings is 3. The van der Waals surface area contributed by atoms with Gasteiger partial charge >= 0.3 is 5.97 Å². The first-order chi connectivity index (χ1) is 14.3. The van der Waals surface area contributed by atoms with Crippen LogP contribution in [0.5, 0.6) is 0 Å². The lowest BCUT2D eigenvalue weighted by atomic mass is 10.1. The third kappa shape index (κ3) is 5.18. The van der Waals surface area contributed by atoms with E-state index in [0.717, 1.165) is 16.7 Å². The molecule has 7 heteroatoms. The van der Waals surface area contributed by atoms with Crippen LogP contribution in [0, 0.1) is 13.8 Å². The van der Waals surface area contributed by atoms with Crippen molar-refractivity contribution in [2.45, 2.75) is 25.3 Å². The predicted octanol–water partition coefficient (Wildman–Crippen LogP) is 4.50. The molecule has 0 spiro atoms. The van der Waals surface area contributed by atoms with Gasteiger partial charge in [-0.3, -0.25) is 4.72 Å². The Labute approximate surface area is 177 Å². The van der Waals surface area contributed by atoms with E-state index in [9.17, 15) is 13.2 Å². The highest BCUT2D eigenvalue weighted by Gasteiger charge is 2.21. The lowest BCUT2D eigenvalue weighted by Crippen LogP contribution is -2.16. The number of aryl methyl sites for hydroxylation is 2. The number of anilines is 2. The third-order valence-corrected chi connectivity index (χ3v) is 6.02. The molecule has 0 amide bonds. The van der Waals surface area contributed by atoms with Crippen LogP contribution in [-0.4, -0.2) is 21.5 Å². The second-order valence-corrected chi connectivity index (χ2v) is 8.66. The summed E-state index contributed by atoms with van der Waals surface area (Å²) in [5.41, 5.74) is 4.16. The van der Waals surface area contributed by atoms with E-state index in [0.29, 0.717) is 17.9 Å². The van der Waals surface area contributed by atoms with Crippen molar-refractivity contribution in [1.29, 1.82) is 0 Å². The van der Waals surface area contributed by atoms with Gasteiger partial charge in [0, 0.05) is 12.2 Å². The summed E-state index contributed by atoms with van der Waals surface area (Å²) in [6, 6.07) is 19.4. The van der Waals surface area contributed by atoms with Gasteiger partial charge in [-0.2, -0.15) is 0 Å². The molecule has 6 nitrogen and oxygen atoms in total. The minimum Gasteiger partial charge on any atom is -0.465 e. The number of carbonyl (C=O) groups is 1. The van der Waals surface area contributed by atoms with E-state index < -0.39 is 16.0 Å². The number of ether oxygens (including phenoxy) is 1. The molecular weight excluding hydrogens is 400 g/mol. The first-order valence-corrected chi connectivity index (χ1v) is 10.9. The third-order valence-electron chi connectivity index (χ3n) is 4.60. The van der Waals surface area contributed by atoms with Crippen molar-refractivity contribution < 1.29 is 17.9 Å². The van der Waals surface area contributed by atoms with Crippen LogP contribution in [0.25, 0.3) is 0 Å². The molecule has 0 fully saturated rings. The van der Waals surface area contributed by atoms with E-state index in [2.05, 4.69) is 10.0 Å². The number of hydrogen-bond donors (Lipinski definition) is 2. The summed E-state index contributed by atoms with van der Waals surface area (Å²) in [5.74, 6) is -0.605. The molecule has 156 valence electrons. The van der Waals surface area contributed by atoms with Gasteiger partial charge in [-0.1, -0.05) is 47.5 Å². The molecule has 0 saturated heterocycles. The minimum absolute atomic E-state index is 0.0295. The van der Waals surface area contributed by atoms with Gasteiger partial charge in [0.1, 0.15) is 4.90 Å². The summed E-state index contributed by atoms with van der Waals surface area (Å²) < 4.78 is 33.6. The van der Waals surface area contributed by atoms with Crippen LogP contribution in [-0.2, 0) is 21.3 Å². The van der Waals surface area contributed by atoms with E-state index in [4.69, 9.17) is 4.74 Å². The number of nitrogens with one attached hydrogen (secondary N) is 2. The summed E-state index contributed by atoms with van der Waals surface area (Å²) in [6.45, 7) is 4.36. The maximum absolute atomic E-state index is 13.1. The molecule has 3 aromatic carbocycles. The second kappa shape index (κ2) is 9.00. The Balaban J connectivity index is 1.94. The van der Waals surface area contributed by atoms with Crippen LogP contribution >= 0.6 is 0 Å². The van der Waals surface area contributed by atoms with Crippen LogP contribution in [0.4, 0.5) is 11.4 Å². The zero-order valence-corrected chi connectivity index (χ0v) is 17.9. The van der Waals surface area contributed by atoms with E-state index in [-0.39, 0.29) is 10.5 Å². The van der Waals surface area contributed by atoms with Gasteiger partial charge < -0.3 is 10.1 Å². The average Bonchev–Trinajstić information content (AvgIpc) is 2.74. The predicted molar refractivity (Wildman–Crippen MR) is 118 cm³/mol. The molecular formula is C23H24N2O4S. The van der Waals surface area contributed by atoms with Crippen molar-refractivity contribution in [1.82, 2.24) is 0 Å². The van der Waals surface area contributed by atoms with Crippen molar-refractivity contribution in [2.24, 2.45) is 0 Å². The van der Waals surface area contributed by atoms with Crippen LogP contribution in [0.3, 0.4) is 0 Å². The quantitative estimate of drug-likeness (QED) is 0.546. The highest BCUT2D eigenvalue weighted by atomic mass is 32.2. The highest BCUT2D eigenvalue weighted by molar-refractivity contribution is 7.92. The van der Waals surface area contributed by atoms with Gasteiger partial charge in [0.15, 0.2) is 0 Å². The fourth-order valence-electron chi connectivity index (χ4n) is 2.87. The summed E-state index contributed by atoms with van der Waals surface area (Å²) >= 11 is 0. The minimum atomic E-state index is -3.95. The van der Waals surface area contributed by atoms with Gasteiger partial charge in [0.2, 0.25) is 0 Å². The van der Waals surface area contributed by atoms with E-state index >= 15 is 0 Å². The number of rotatable bonds is 7. The monoisotopic (exact) mass is 424 g/mol. The fourth-order valence-corrected chi connectivity index (χ4v) is 4.14. The Bertz CT molecular complexity index is 1140. The van der Waals surface area contributed by atoms with Crippen molar-refractivity contribution in [3.8, 4) is 0 Å². The zero-order valence-electron chi connectivity index (χ0n) is 17.1. The maximum Gasteiger partial charge on any atom is 0.337 e. The highest BCUT2D eigenvalue weighted by Crippen LogP contribution is 2.26. The number of methoxy groups -OCH3 is 1. The Morgan fingerprint density at radius 1 is 0.900 bits per heavy atom. The number of hydrogen-bond acceptors (Lipinski definition) is 5. The molecule has 0 atom stereocenters. The molecule has 3 aromatic rings. The summed E-state index contributed by atoms with van der Waals surface area (Å²) in [7, 11) is -2.70. The van der Waals surface area contributed by atoms with Gasteiger partial charge in [-0.15, -0.1) is 0 Å². The number of esters is 1. The topological polar surface area (TPSA) is 84.5 Å². The largest absolute Gasteiger partial charge is 0.465 e. The molecule has 2 N–H and O–H groups in total. The molecule has 0 heterocycles. The molecule has 0 unspecified atom stereocenters. The molecule has 3 rings (SSSR count). The van der Waals surface area contributed by atoms with Crippen LogP contribution in [0.1, 0.15) is 27.0 Å². The van der Waals surface area contributed by atoms with E-state index in [1.165, 1.54) is 19.2 Å². The Morgan fingerprint density at radius 3 is 2.10 bits per heavy atom. The van der Waals surface area contributed by atoms with Gasteiger partial charge in [-0.05, 0) is 49.7 Å². The molecule has 0 aliphatic heterocycles. The molecule has 0 bridgehead atoms. The molecule has 0 aliphatic carbocycles. The maximum atomic E-state index is 13.1. The van der Waals surface area contributed by atoms with Crippen LogP contribution < -0.4 is 10.0 Å². The smallest absolute Gasteiger partial charge is 0.337 e. The van der Waals surface area contributed by atoms with E-state index in [1.807, 2.05) is 50.2 Å². The van der Waals surface area contributed by atoms with Gasteiger partial charge in [0.05, 0.1) is 18.4 Å². The molecule has 0 aliphatic rings. The molecule has 0 saturated carbocycles. The first kappa shape index (κ1) is 21.4. The molecule has 30 heavy (non-hydrogen) atoms. The van der Waals surface area contributed by atoms with Crippen LogP contribution in [0.15, 0.2) is 71.6 Å². The van der Waals surface area contributed by atoms with Crippen molar-refractivity contribution >= 4 is 27.4 Å². The lowest BCUT2D eigenvalue weighted by molar-refractivity contribution is 0.0600. The SMILES string of the molecule is COC(=O)c1ccc(NCc2ccc(C)cc2)c(S(=O)(=O)Nc2ccc(C)cc2)c1. The van der Waals surface area contributed by atoms with Crippen molar-refractivity contribution in [3.63, 3.8) is 0 Å². The number of carbonyl (C=O) groups excluding carboxylic acids is 1. The Morgan fingerprint density at radius 2 is 1.50 bits per heavy atom. The number of sulfonamides is 1. The Kier molecular flexibility index (Phi) is 6.42. The lowest BCUT2D eigenvalue weighted by Gasteiger charge is -2.15. The first-order valence-electron chi connectivity index (χ1n) is 9.40. The fraction of sp³-hybridized carbons (Fsp3) is 0.174. The van der Waals surface area contributed by atoms with Gasteiger partial charge in [-0.25, -0.2) is 13.2 Å². The summed E-state index contributed by atoms with van der Waals surface area (Å²) in [5, 5.41) is 3.16. The van der Waals surface area contributed by atoms with E-state index in [1.54, 1.807) is 18.2 Å². The second-order valence-electron chi connectivity index (χ2n) is 7.01. The standard InChI is InChI=1S/C23H24N2O4S/c1-16-4-8-18(9-5-16)15-24-21-13-10-19(23(26)29-3)14-22(21)30(27,28)25-20-11-6-17(2)7-12-20/h4-14,24-25H,15H2,1-3H3. The van der Waals surface area contributed by atoms with Crippen molar-refractivity contribution in [3.05, 3.63) is 89.0 Å². The van der Waals surface area contributed by atoms with Gasteiger partial charge in [0.25, 0.3) is 10.0 Å². The van der Waals surface area contributed by atoms with Crippen LogP contribution in [0.2, 0.25) is 0 Å². The summed E-state index contributed by atoms with van der Waals surface area (Å²) in [4.78, 5) is 11.9. The normalized spacial score (nSPS) is 11.0. The zero-order chi connectivity index (χ0) is 21.7. The molecule has 0 aromatic heterocycles.